The quantitative estimate of drug-likeness (QED) is 0.456. The number of anilines is 1. The summed E-state index contributed by atoms with van der Waals surface area (Å²) in [6.45, 7) is 1.76. The van der Waals surface area contributed by atoms with Crippen LogP contribution in [0.4, 0.5) is 5.69 Å². The van der Waals surface area contributed by atoms with E-state index in [0.717, 1.165) is 16.5 Å². The largest absolute Gasteiger partial charge is 0.483 e. The van der Waals surface area contributed by atoms with E-state index in [2.05, 4.69) is 32.1 Å². The Labute approximate surface area is 192 Å². The van der Waals surface area contributed by atoms with E-state index >= 15 is 0 Å². The molecule has 0 aliphatic heterocycles. The summed E-state index contributed by atoms with van der Waals surface area (Å²) in [5.74, 6) is -0.933. The normalized spacial score (nSPS) is 10.3. The van der Waals surface area contributed by atoms with Crippen molar-refractivity contribution in [2.75, 3.05) is 11.9 Å². The molecule has 30 heavy (non-hydrogen) atoms. The SMILES string of the molecule is CCc1ccc(OCC(=O)NNC(=O)CCC(=O)Nc2ccc(Cl)cc2Cl)c(Br)c1. The second-order valence-corrected chi connectivity index (χ2v) is 7.87. The van der Waals surface area contributed by atoms with Crippen molar-refractivity contribution in [3.63, 3.8) is 0 Å². The molecule has 3 N–H and O–H groups in total. The molecule has 7 nitrogen and oxygen atoms in total. The molecule has 0 unspecified atom stereocenters. The van der Waals surface area contributed by atoms with Gasteiger partial charge in [-0.3, -0.25) is 25.2 Å². The zero-order valence-electron chi connectivity index (χ0n) is 16.1. The van der Waals surface area contributed by atoms with Gasteiger partial charge in [-0.2, -0.15) is 0 Å². The minimum absolute atomic E-state index is 0.0894. The van der Waals surface area contributed by atoms with Crippen molar-refractivity contribution in [2.24, 2.45) is 0 Å². The van der Waals surface area contributed by atoms with Gasteiger partial charge in [0.1, 0.15) is 5.75 Å². The maximum absolute atomic E-state index is 11.9. The summed E-state index contributed by atoms with van der Waals surface area (Å²) in [5.41, 5.74) is 6.00. The van der Waals surface area contributed by atoms with Crippen molar-refractivity contribution >= 4 is 62.5 Å². The summed E-state index contributed by atoms with van der Waals surface area (Å²) in [4.78, 5) is 35.6. The predicted octanol–water partition coefficient (Wildman–Crippen LogP) is 4.26. The maximum Gasteiger partial charge on any atom is 0.276 e. The summed E-state index contributed by atoms with van der Waals surface area (Å²) >= 11 is 15.2. The highest BCUT2D eigenvalue weighted by molar-refractivity contribution is 9.10. The van der Waals surface area contributed by atoms with E-state index in [-0.39, 0.29) is 19.4 Å². The molecule has 3 amide bonds. The lowest BCUT2D eigenvalue weighted by molar-refractivity contribution is -0.130. The fourth-order valence-corrected chi connectivity index (χ4v) is 3.29. The highest BCUT2D eigenvalue weighted by Gasteiger charge is 2.11. The molecule has 160 valence electrons. The molecular formula is C20H20BrCl2N3O4. The first kappa shape index (κ1) is 24.0. The molecule has 0 aromatic heterocycles. The fourth-order valence-electron chi connectivity index (χ4n) is 2.29. The molecule has 0 fully saturated rings. The number of ether oxygens (including phenoxy) is 1. The van der Waals surface area contributed by atoms with Gasteiger partial charge in [0.15, 0.2) is 6.61 Å². The maximum atomic E-state index is 11.9. The second-order valence-electron chi connectivity index (χ2n) is 6.18. The van der Waals surface area contributed by atoms with Crippen LogP contribution in [-0.4, -0.2) is 24.3 Å². The van der Waals surface area contributed by atoms with Crippen LogP contribution >= 0.6 is 39.1 Å². The molecule has 0 heterocycles. The number of halogens is 3. The van der Waals surface area contributed by atoms with Crippen LogP contribution in [0.15, 0.2) is 40.9 Å². The van der Waals surface area contributed by atoms with Crippen LogP contribution < -0.4 is 20.9 Å². The van der Waals surface area contributed by atoms with Gasteiger partial charge in [-0.05, 0) is 58.2 Å². The minimum atomic E-state index is -0.535. The van der Waals surface area contributed by atoms with E-state index in [4.69, 9.17) is 27.9 Å². The highest BCUT2D eigenvalue weighted by Crippen LogP contribution is 2.26. The topological polar surface area (TPSA) is 96.5 Å². The van der Waals surface area contributed by atoms with Crippen LogP contribution in [0.1, 0.15) is 25.3 Å². The van der Waals surface area contributed by atoms with E-state index < -0.39 is 17.7 Å². The number of nitrogens with one attached hydrogen (secondary N) is 3. The van der Waals surface area contributed by atoms with Crippen molar-refractivity contribution in [1.82, 2.24) is 10.9 Å². The van der Waals surface area contributed by atoms with Gasteiger partial charge in [-0.15, -0.1) is 0 Å². The Kier molecular flexibility index (Phi) is 9.42. The lowest BCUT2D eigenvalue weighted by atomic mass is 10.2. The van der Waals surface area contributed by atoms with Gasteiger partial charge in [-0.25, -0.2) is 0 Å². The third-order valence-electron chi connectivity index (χ3n) is 3.89. The van der Waals surface area contributed by atoms with Gasteiger partial charge in [0.25, 0.3) is 5.91 Å². The summed E-state index contributed by atoms with van der Waals surface area (Å²) in [5, 5.41) is 3.33. The van der Waals surface area contributed by atoms with E-state index in [0.29, 0.717) is 21.5 Å². The van der Waals surface area contributed by atoms with Crippen molar-refractivity contribution in [3.05, 3.63) is 56.5 Å². The summed E-state index contributed by atoms with van der Waals surface area (Å²) in [6.07, 6.45) is 0.673. The van der Waals surface area contributed by atoms with Crippen LogP contribution in [0.2, 0.25) is 10.0 Å². The molecule has 0 spiro atoms. The zero-order chi connectivity index (χ0) is 22.1. The molecule has 2 aromatic rings. The van der Waals surface area contributed by atoms with Crippen LogP contribution in [0.3, 0.4) is 0 Å². The molecule has 10 heteroatoms. The number of aryl methyl sites for hydroxylation is 1. The monoisotopic (exact) mass is 515 g/mol. The van der Waals surface area contributed by atoms with E-state index in [1.807, 2.05) is 19.1 Å². The van der Waals surface area contributed by atoms with Gasteiger partial charge in [0.05, 0.1) is 15.2 Å². The van der Waals surface area contributed by atoms with Crippen molar-refractivity contribution < 1.29 is 19.1 Å². The number of amides is 3. The number of carbonyl (C=O) groups excluding carboxylic acids is 3. The number of benzene rings is 2. The van der Waals surface area contributed by atoms with Gasteiger partial charge in [-0.1, -0.05) is 36.2 Å². The number of hydrogen-bond acceptors (Lipinski definition) is 4. The van der Waals surface area contributed by atoms with Gasteiger partial charge in [0, 0.05) is 17.9 Å². The molecule has 2 aromatic carbocycles. The zero-order valence-corrected chi connectivity index (χ0v) is 19.2. The first-order valence-corrected chi connectivity index (χ1v) is 10.6. The molecular weight excluding hydrogens is 497 g/mol. The predicted molar refractivity (Wildman–Crippen MR) is 120 cm³/mol. The van der Waals surface area contributed by atoms with Gasteiger partial charge < -0.3 is 10.1 Å². The highest BCUT2D eigenvalue weighted by atomic mass is 79.9. The molecule has 0 bridgehead atoms. The Hall–Kier alpha value is -2.29. The molecule has 0 saturated heterocycles. The third kappa shape index (κ3) is 7.85. The van der Waals surface area contributed by atoms with Crippen molar-refractivity contribution in [2.45, 2.75) is 26.2 Å². The molecule has 0 radical (unpaired) electrons. The Morgan fingerprint density at radius 1 is 0.967 bits per heavy atom. The van der Waals surface area contributed by atoms with Crippen molar-refractivity contribution in [1.29, 1.82) is 0 Å². The Bertz CT molecular complexity index is 940. The minimum Gasteiger partial charge on any atom is -0.483 e. The lowest BCUT2D eigenvalue weighted by Gasteiger charge is -2.11. The number of carbonyl (C=O) groups is 3. The Morgan fingerprint density at radius 3 is 2.33 bits per heavy atom. The first-order chi connectivity index (χ1) is 14.3. The fraction of sp³-hybridized carbons (Fsp3) is 0.250. The van der Waals surface area contributed by atoms with E-state index in [9.17, 15) is 14.4 Å². The first-order valence-electron chi connectivity index (χ1n) is 9.02. The van der Waals surface area contributed by atoms with Crippen molar-refractivity contribution in [3.8, 4) is 5.75 Å². The van der Waals surface area contributed by atoms with Crippen LogP contribution in [0, 0.1) is 0 Å². The van der Waals surface area contributed by atoms with Crippen LogP contribution in [0.25, 0.3) is 0 Å². The summed E-state index contributed by atoms with van der Waals surface area (Å²) < 4.78 is 6.16. The second kappa shape index (κ2) is 11.8. The summed E-state index contributed by atoms with van der Waals surface area (Å²) in [7, 11) is 0. The molecule has 2 rings (SSSR count). The molecule has 0 saturated carbocycles. The average molecular weight is 517 g/mol. The molecule has 0 aliphatic carbocycles. The number of hydrazine groups is 1. The number of hydrogen-bond donors (Lipinski definition) is 3. The van der Waals surface area contributed by atoms with Crippen LogP contribution in [0.5, 0.6) is 5.75 Å². The Balaban J connectivity index is 1.68. The molecule has 0 atom stereocenters. The smallest absolute Gasteiger partial charge is 0.276 e. The molecule has 0 aliphatic rings. The standard InChI is InChI=1S/C20H20BrCl2N3O4/c1-2-12-3-6-17(14(21)9-12)30-11-20(29)26-25-19(28)8-7-18(27)24-16-5-4-13(22)10-15(16)23/h3-6,9-10H,2,7-8,11H2,1H3,(H,24,27)(H,25,28)(H,26,29). The average Bonchev–Trinajstić information content (AvgIpc) is 2.71. The van der Waals surface area contributed by atoms with E-state index in [1.165, 1.54) is 6.07 Å². The van der Waals surface area contributed by atoms with Gasteiger partial charge >= 0.3 is 0 Å². The number of rotatable bonds is 8. The van der Waals surface area contributed by atoms with E-state index in [1.54, 1.807) is 18.2 Å². The summed E-state index contributed by atoms with van der Waals surface area (Å²) in [6, 6.07) is 10.2. The lowest BCUT2D eigenvalue weighted by Crippen LogP contribution is -2.44. The Morgan fingerprint density at radius 2 is 1.67 bits per heavy atom. The third-order valence-corrected chi connectivity index (χ3v) is 5.06. The van der Waals surface area contributed by atoms with Gasteiger partial charge in [0.2, 0.25) is 11.8 Å². The van der Waals surface area contributed by atoms with Crippen LogP contribution in [-0.2, 0) is 20.8 Å².